The minimum Gasteiger partial charge on any atom is -0.381 e. The van der Waals surface area contributed by atoms with Gasteiger partial charge in [0, 0.05) is 42.1 Å². The van der Waals surface area contributed by atoms with Gasteiger partial charge in [0.15, 0.2) is 0 Å². The molecule has 1 aliphatic rings. The van der Waals surface area contributed by atoms with Gasteiger partial charge in [0.1, 0.15) is 0 Å². The topological polar surface area (TPSA) is 52.0 Å². The van der Waals surface area contributed by atoms with Gasteiger partial charge in [0.05, 0.1) is 22.7 Å². The summed E-state index contributed by atoms with van der Waals surface area (Å²) in [6.07, 6.45) is -2.19. The number of benzene rings is 2. The molecule has 1 saturated heterocycles. The summed E-state index contributed by atoms with van der Waals surface area (Å²) in [5.74, 6) is 0. The molecule has 154 valence electrons. The van der Waals surface area contributed by atoms with Crippen LogP contribution in [0.2, 0.25) is 0 Å². The van der Waals surface area contributed by atoms with Gasteiger partial charge in [-0.15, -0.1) is 0 Å². The number of aryl methyl sites for hydroxylation is 1. The number of hydrogen-bond acceptors (Lipinski definition) is 4. The molecular formula is C23H21F3N4. The summed E-state index contributed by atoms with van der Waals surface area (Å²) < 4.78 is 39.5. The Hall–Kier alpha value is -3.27. The number of hydrogen-bond donors (Lipinski definition) is 1. The van der Waals surface area contributed by atoms with Gasteiger partial charge in [0.2, 0.25) is 0 Å². The molecule has 0 saturated carbocycles. The van der Waals surface area contributed by atoms with Crippen molar-refractivity contribution >= 4 is 22.3 Å². The van der Waals surface area contributed by atoms with Gasteiger partial charge in [-0.25, -0.2) is 0 Å². The molecule has 0 spiro atoms. The van der Waals surface area contributed by atoms with Gasteiger partial charge in [-0.2, -0.15) is 18.4 Å². The average molecular weight is 410 g/mol. The molecule has 7 heteroatoms. The molecule has 1 aromatic heterocycles. The van der Waals surface area contributed by atoms with E-state index in [4.69, 9.17) is 5.26 Å². The molecule has 1 fully saturated rings. The lowest BCUT2D eigenvalue weighted by molar-refractivity contribution is -0.137. The van der Waals surface area contributed by atoms with E-state index in [-0.39, 0.29) is 5.56 Å². The molecule has 0 unspecified atom stereocenters. The second kappa shape index (κ2) is 7.86. The third kappa shape index (κ3) is 4.04. The first-order chi connectivity index (χ1) is 14.3. The van der Waals surface area contributed by atoms with E-state index < -0.39 is 11.7 Å². The van der Waals surface area contributed by atoms with Crippen molar-refractivity contribution in [2.24, 2.45) is 0 Å². The van der Waals surface area contributed by atoms with Crippen molar-refractivity contribution in [2.75, 3.05) is 23.3 Å². The Bertz CT molecular complexity index is 1130. The first-order valence-corrected chi connectivity index (χ1v) is 9.85. The molecule has 2 aromatic carbocycles. The lowest BCUT2D eigenvalue weighted by atomic mass is 10.1. The smallest absolute Gasteiger partial charge is 0.381 e. The van der Waals surface area contributed by atoms with Crippen LogP contribution in [0.5, 0.6) is 0 Å². The molecule has 1 N–H and O–H groups in total. The Morgan fingerprint density at radius 2 is 1.87 bits per heavy atom. The highest BCUT2D eigenvalue weighted by atomic mass is 19.4. The minimum absolute atomic E-state index is 0.316. The Morgan fingerprint density at radius 1 is 1.10 bits per heavy atom. The summed E-state index contributed by atoms with van der Waals surface area (Å²) >= 11 is 0. The number of pyridine rings is 1. The number of anilines is 2. The molecule has 2 heterocycles. The van der Waals surface area contributed by atoms with E-state index in [0.717, 1.165) is 41.3 Å². The van der Waals surface area contributed by atoms with Crippen molar-refractivity contribution in [1.29, 1.82) is 5.26 Å². The number of aromatic nitrogens is 1. The van der Waals surface area contributed by atoms with Crippen LogP contribution >= 0.6 is 0 Å². The Kier molecular flexibility index (Phi) is 5.25. The van der Waals surface area contributed by atoms with Crippen molar-refractivity contribution in [3.05, 3.63) is 64.8 Å². The number of nitriles is 1. The van der Waals surface area contributed by atoms with Crippen LogP contribution in [-0.4, -0.2) is 18.1 Å². The zero-order valence-electron chi connectivity index (χ0n) is 16.6. The molecule has 30 heavy (non-hydrogen) atoms. The largest absolute Gasteiger partial charge is 0.417 e. The summed E-state index contributed by atoms with van der Waals surface area (Å²) in [5.41, 5.74) is 2.94. The molecule has 1 aliphatic heterocycles. The average Bonchev–Trinajstić information content (AvgIpc) is 3.25. The summed E-state index contributed by atoms with van der Waals surface area (Å²) in [5, 5.41) is 13.0. The van der Waals surface area contributed by atoms with Crippen molar-refractivity contribution in [3.8, 4) is 6.07 Å². The van der Waals surface area contributed by atoms with E-state index in [1.807, 2.05) is 25.1 Å². The quantitative estimate of drug-likeness (QED) is 0.604. The van der Waals surface area contributed by atoms with Crippen molar-refractivity contribution < 1.29 is 13.2 Å². The molecule has 0 amide bonds. The lowest BCUT2D eigenvalue weighted by Crippen LogP contribution is -2.18. The fourth-order valence-corrected chi connectivity index (χ4v) is 3.90. The highest BCUT2D eigenvalue weighted by molar-refractivity contribution is 5.92. The van der Waals surface area contributed by atoms with E-state index in [1.54, 1.807) is 6.07 Å². The fraction of sp³-hybridized carbons (Fsp3) is 0.304. The Labute approximate surface area is 173 Å². The van der Waals surface area contributed by atoms with Crippen LogP contribution in [0.4, 0.5) is 24.5 Å². The maximum atomic E-state index is 13.2. The predicted molar refractivity (Wildman–Crippen MR) is 111 cm³/mol. The van der Waals surface area contributed by atoms with Crippen molar-refractivity contribution in [1.82, 2.24) is 4.98 Å². The predicted octanol–water partition coefficient (Wildman–Crippen LogP) is 5.65. The van der Waals surface area contributed by atoms with E-state index in [1.165, 1.54) is 30.7 Å². The van der Waals surface area contributed by atoms with Gasteiger partial charge in [-0.1, -0.05) is 12.1 Å². The van der Waals surface area contributed by atoms with E-state index in [2.05, 4.69) is 21.3 Å². The molecule has 0 radical (unpaired) electrons. The maximum Gasteiger partial charge on any atom is 0.417 e. The van der Waals surface area contributed by atoms with Crippen LogP contribution in [0, 0.1) is 18.3 Å². The molecule has 4 rings (SSSR count). The van der Waals surface area contributed by atoms with Crippen LogP contribution in [0.25, 0.3) is 10.9 Å². The molecule has 4 nitrogen and oxygen atoms in total. The first kappa shape index (κ1) is 20.0. The van der Waals surface area contributed by atoms with E-state index in [0.29, 0.717) is 12.2 Å². The Morgan fingerprint density at radius 3 is 2.57 bits per heavy atom. The van der Waals surface area contributed by atoms with Crippen molar-refractivity contribution in [2.45, 2.75) is 32.5 Å². The number of rotatable bonds is 4. The maximum absolute atomic E-state index is 13.2. The van der Waals surface area contributed by atoms with Crippen molar-refractivity contribution in [3.63, 3.8) is 0 Å². The lowest BCUT2D eigenvalue weighted by Gasteiger charge is -2.20. The van der Waals surface area contributed by atoms with E-state index >= 15 is 0 Å². The molecule has 3 aromatic rings. The van der Waals surface area contributed by atoms with Crippen LogP contribution in [0.3, 0.4) is 0 Å². The number of halogens is 3. The summed E-state index contributed by atoms with van der Waals surface area (Å²) in [6.45, 7) is 4.41. The highest BCUT2D eigenvalue weighted by Crippen LogP contribution is 2.34. The molecule has 0 atom stereocenters. The molecule has 0 aliphatic carbocycles. The monoisotopic (exact) mass is 410 g/mol. The Balaban J connectivity index is 1.59. The third-order valence-electron chi connectivity index (χ3n) is 5.37. The first-order valence-electron chi connectivity index (χ1n) is 9.85. The summed E-state index contributed by atoms with van der Waals surface area (Å²) in [6, 6.07) is 13.4. The van der Waals surface area contributed by atoms with Gasteiger partial charge in [0.25, 0.3) is 0 Å². The highest BCUT2D eigenvalue weighted by Gasteiger charge is 2.33. The SMILES string of the molecule is Cc1cc(N2CCCC2)c2ccc(CNc3ccc(C#N)c(C(F)(F)F)c3)cc2n1. The van der Waals surface area contributed by atoms with Gasteiger partial charge >= 0.3 is 6.18 Å². The zero-order valence-corrected chi connectivity index (χ0v) is 16.6. The number of nitrogens with one attached hydrogen (secondary N) is 1. The van der Waals surface area contributed by atoms with Crippen LogP contribution in [0.15, 0.2) is 42.5 Å². The van der Waals surface area contributed by atoms with Crippen LogP contribution in [0.1, 0.15) is 35.2 Å². The second-order valence-corrected chi connectivity index (χ2v) is 7.55. The van der Waals surface area contributed by atoms with Gasteiger partial charge < -0.3 is 10.2 Å². The van der Waals surface area contributed by atoms with Crippen LogP contribution < -0.4 is 10.2 Å². The minimum atomic E-state index is -4.57. The van der Waals surface area contributed by atoms with E-state index in [9.17, 15) is 13.2 Å². The number of alkyl halides is 3. The second-order valence-electron chi connectivity index (χ2n) is 7.55. The van der Waals surface area contributed by atoms with Crippen LogP contribution in [-0.2, 0) is 12.7 Å². The summed E-state index contributed by atoms with van der Waals surface area (Å²) in [4.78, 5) is 7.03. The third-order valence-corrected chi connectivity index (χ3v) is 5.37. The fourth-order valence-electron chi connectivity index (χ4n) is 3.90. The number of nitrogens with zero attached hydrogens (tertiary/aromatic N) is 3. The molecular weight excluding hydrogens is 389 g/mol. The van der Waals surface area contributed by atoms with Gasteiger partial charge in [-0.3, -0.25) is 4.98 Å². The zero-order chi connectivity index (χ0) is 21.3. The number of fused-ring (bicyclic) bond motifs is 1. The summed E-state index contributed by atoms with van der Waals surface area (Å²) in [7, 11) is 0. The molecule has 0 bridgehead atoms. The standard InChI is InChI=1S/C23H21F3N4/c1-15-10-22(30-8-2-3-9-30)19-7-4-16(11-21(19)29-15)14-28-18-6-5-17(13-27)20(12-18)23(24,25)26/h4-7,10-12,28H,2-3,8-9,14H2,1H3. The normalized spacial score (nSPS) is 14.2. The van der Waals surface area contributed by atoms with Gasteiger partial charge in [-0.05, 0) is 55.7 Å².